The Morgan fingerprint density at radius 1 is 0.438 bits per heavy atom. The Labute approximate surface area is 832 Å². The lowest BCUT2D eigenvalue weighted by atomic mass is 10.1. The minimum atomic E-state index is -4.67. The summed E-state index contributed by atoms with van der Waals surface area (Å²) >= 11 is 8.20. The molecule has 766 valence electrons. The summed E-state index contributed by atoms with van der Waals surface area (Å²) in [7, 11) is 0.566. The predicted octanol–water partition coefficient (Wildman–Crippen LogP) is 20.9. The number of methoxy groups -OCH3 is 2. The lowest BCUT2D eigenvalue weighted by Gasteiger charge is -2.21. The number of nitrogens with two attached hydrogens (primary N) is 1. The largest absolute Gasteiger partial charge is 0.449 e. The summed E-state index contributed by atoms with van der Waals surface area (Å²) in [6.07, 6.45) is 23.7. The number of amides is 4. The molecule has 0 radical (unpaired) electrons. The first kappa shape index (κ1) is 133. The molecule has 0 spiro atoms. The number of fused-ring (bicyclic) bond motifs is 1. The van der Waals surface area contributed by atoms with Crippen molar-refractivity contribution in [1.82, 2.24) is 29.8 Å². The molecule has 9 N–H and O–H groups in total. The monoisotopic (exact) mass is 2010 g/mol. The molecule has 5 heterocycles. The van der Waals surface area contributed by atoms with Gasteiger partial charge >= 0.3 is 40.2 Å². The van der Waals surface area contributed by atoms with Crippen LogP contribution >= 0.6 is 27.5 Å². The Morgan fingerprint density at radius 2 is 0.730 bits per heavy atom. The Balaban J connectivity index is -0.000000728. The number of rotatable bonds is 29. The van der Waals surface area contributed by atoms with Crippen LogP contribution in [0.25, 0.3) is 0 Å². The molecule has 7 aromatic rings. The smallest absolute Gasteiger partial charge is 0.410 e. The summed E-state index contributed by atoms with van der Waals surface area (Å²) in [5.41, 5.74) is 12.1. The molecule has 31 heteroatoms. The molecule has 0 aromatic heterocycles. The summed E-state index contributed by atoms with van der Waals surface area (Å²) in [4.78, 5) is 67.2. The third-order valence-corrected chi connectivity index (χ3v) is 20.2. The van der Waals surface area contributed by atoms with Gasteiger partial charge in [0.15, 0.2) is 0 Å². The van der Waals surface area contributed by atoms with Crippen LogP contribution in [0.15, 0.2) is 288 Å². The average molecular weight is 2020 g/mol. The topological polar surface area (TPSA) is 372 Å². The highest BCUT2D eigenvalue weighted by Crippen LogP contribution is 2.31. The Bertz CT molecular complexity index is 4220. The van der Waals surface area contributed by atoms with Crippen LogP contribution in [0.1, 0.15) is 152 Å². The number of likely N-dealkylation sites (tertiary alicyclic amines) is 2. The number of nitrogens with zero attached hydrogens (tertiary/aromatic N) is 5. The highest BCUT2D eigenvalue weighted by Gasteiger charge is 2.41. The molecular formula is C106H161BrClN7O21S. The number of carbonyl (C=O) groups is 5. The summed E-state index contributed by atoms with van der Waals surface area (Å²) < 4.78 is 73.1. The van der Waals surface area contributed by atoms with Crippen molar-refractivity contribution in [3.8, 4) is 0 Å². The van der Waals surface area contributed by atoms with Crippen molar-refractivity contribution in [2.24, 2.45) is 5.73 Å². The fraction of sp³-hybridized carbons (Fsp3) is 0.443. The molecule has 0 saturated carbocycles. The van der Waals surface area contributed by atoms with E-state index in [0.717, 1.165) is 177 Å². The molecule has 28 nitrogen and oxygen atoms in total. The van der Waals surface area contributed by atoms with Crippen molar-refractivity contribution < 1.29 is 99.8 Å². The third-order valence-electron chi connectivity index (χ3n) is 19.6. The van der Waals surface area contributed by atoms with Crippen molar-refractivity contribution in [3.05, 3.63) is 327 Å². The highest BCUT2D eigenvalue weighted by molar-refractivity contribution is 9.09. The van der Waals surface area contributed by atoms with Crippen molar-refractivity contribution in [2.45, 2.75) is 196 Å². The molecule has 0 aliphatic carbocycles. The third kappa shape index (κ3) is 70.1. The zero-order valence-corrected chi connectivity index (χ0v) is 81.0. The molecule has 4 fully saturated rings. The van der Waals surface area contributed by atoms with E-state index < -0.39 is 21.9 Å². The van der Waals surface area contributed by atoms with Gasteiger partial charge in [-0.1, -0.05) is 300 Å². The van der Waals surface area contributed by atoms with Crippen molar-refractivity contribution in [1.29, 1.82) is 0 Å². The van der Waals surface area contributed by atoms with E-state index >= 15 is 0 Å². The lowest BCUT2D eigenvalue weighted by molar-refractivity contribution is -0.0122. The number of hydrogen-bond donors (Lipinski definition) is 8. The van der Waals surface area contributed by atoms with Gasteiger partial charge in [0, 0.05) is 124 Å². The quantitative estimate of drug-likeness (QED) is 0.00539. The first-order valence-electron chi connectivity index (χ1n) is 44.3. The van der Waals surface area contributed by atoms with Crippen molar-refractivity contribution >= 4 is 67.7 Å². The molecular weight excluding hydrogens is 1850 g/mol. The van der Waals surface area contributed by atoms with Gasteiger partial charge in [-0.2, -0.15) is 8.42 Å². The minimum Gasteiger partial charge on any atom is -0.449 e. The molecule has 6 atom stereocenters. The second-order valence-corrected chi connectivity index (χ2v) is 31.5. The zero-order valence-electron chi connectivity index (χ0n) is 77.9. The van der Waals surface area contributed by atoms with Gasteiger partial charge in [0.05, 0.1) is 36.6 Å². The maximum atomic E-state index is 12.0. The van der Waals surface area contributed by atoms with E-state index in [1.165, 1.54) is 11.1 Å². The van der Waals surface area contributed by atoms with Crippen molar-refractivity contribution in [3.63, 3.8) is 0 Å². The van der Waals surface area contributed by atoms with Crippen LogP contribution in [0.2, 0.25) is 0 Å². The standard InChI is InChI=1S/C16H21NO2.C15H21NO4.C15H21N.C14H17NO3.C14H17NO2.C8H7ClO2.C7H15NO2.C7H9N.C4H7Br.2CH4O.4CH4.H2O4S/c1-3-5-12-17(13-6-4-2)16(18)19-14-15-10-8-7-9-11-15;1-19-14-8-10-16(9-7-13(14)17)15(18)20-11-12-5-3-2-4-6-12;1-3-5-12-16(13-6-4-2)14-15-10-8-7-9-11-15;16-14(17-10-11-4-2-1-3-5-11)15-8-6-12-13(18-12)7-9-15;16-14(15-10-6-1-2-7-11-15)17-12-13-8-4-3-5-9-13;9-8(10)11-6-7-4-2-1-3-5-7;1-10-7-3-5-8-4-2-6(7)9;8-6-7-4-2-1-3-5-7;1-2-3-4-5;2*1-2;;;;;1-5(2,3)4/h3-4,7-11H,1-2,5-6,12-14H2;2-6,13-14,17H,7-11H2,1H3;3-4,7-11H,1-2,5-6,12-14H2;1-5,12-13H,6-10H2;1-5,8-9H,6-7,10-12H2;1-5H,6H2;6-9H,2-5H2,1H3;1-5H,6,8H2;2H,1,3-4H2;2*2H,1H3;4*1H4;(H2,1,2,3,4)/t;13?,14-;;;;;6?,7-;;;;;;;;;/m.0....0........./s1. The van der Waals surface area contributed by atoms with Crippen LogP contribution in [0, 0.1) is 0 Å². The van der Waals surface area contributed by atoms with Gasteiger partial charge in [0.2, 0.25) is 0 Å². The van der Waals surface area contributed by atoms with E-state index in [1.807, 2.05) is 200 Å². The Hall–Kier alpha value is -10.2. The lowest BCUT2D eigenvalue weighted by Crippen LogP contribution is -2.33. The number of hydrogen-bond acceptors (Lipinski definition) is 22. The minimum absolute atomic E-state index is 0. The molecule has 5 aliphatic heterocycles. The van der Waals surface area contributed by atoms with Gasteiger partial charge < -0.3 is 89.0 Å². The number of ether oxygens (including phenoxy) is 8. The van der Waals surface area contributed by atoms with Gasteiger partial charge in [0.25, 0.3) is 0 Å². The maximum absolute atomic E-state index is 12.0. The number of halogens is 2. The summed E-state index contributed by atoms with van der Waals surface area (Å²) in [6, 6.07) is 68.7. The van der Waals surface area contributed by atoms with E-state index in [2.05, 4.69) is 106 Å². The fourth-order valence-corrected chi connectivity index (χ4v) is 12.8. The molecule has 7 aromatic carbocycles. The number of benzene rings is 7. The van der Waals surface area contributed by atoms with E-state index in [9.17, 15) is 34.2 Å². The molecule has 4 saturated heterocycles. The molecule has 4 amide bonds. The number of alkyl halides is 1. The SMILES string of the molecule is C.C.C.C.C=CCCBr.C=CCCN(CCC=C)C(=O)OCc1ccccc1.C=CCCN(CCC=C)Cc1ccccc1.CO.CO.CO[C@H]1CCN(C(=O)OCc2ccccc2)CCC1O.CO[C@H]1CCNCCC1O.NCc1ccccc1.O=C(Cl)OCc1ccccc1.O=C(OCc1ccccc1)N1CCC2OC2CC1.O=C(OCc1ccccc1)N1CCC=CCC1.O=S(=O)(O)O. The molecule has 4 unspecified atom stereocenters. The average Bonchev–Trinajstić information content (AvgIpc) is 1.67. The summed E-state index contributed by atoms with van der Waals surface area (Å²) in [6.45, 7) is 30.9. The highest BCUT2D eigenvalue weighted by atomic mass is 79.9. The van der Waals surface area contributed by atoms with Gasteiger partial charge in [-0.15, -0.1) is 32.9 Å². The Morgan fingerprint density at radius 3 is 1.05 bits per heavy atom. The summed E-state index contributed by atoms with van der Waals surface area (Å²) in [5, 5.41) is 37.5. The van der Waals surface area contributed by atoms with E-state index in [-0.39, 0.29) is 85.6 Å². The number of allylic oxidation sites excluding steroid dienone is 1. The van der Waals surface area contributed by atoms with Crippen LogP contribution in [0.4, 0.5) is 24.0 Å². The van der Waals surface area contributed by atoms with E-state index in [0.29, 0.717) is 77.6 Å². The number of nitrogens with one attached hydrogen (secondary N) is 1. The molecule has 5 aliphatic rings. The fourth-order valence-electron chi connectivity index (χ4n) is 12.4. The van der Waals surface area contributed by atoms with Crippen LogP contribution in [0.3, 0.4) is 0 Å². The van der Waals surface area contributed by atoms with Crippen molar-refractivity contribution in [2.75, 3.05) is 112 Å². The zero-order chi connectivity index (χ0) is 98.2. The van der Waals surface area contributed by atoms with E-state index in [4.69, 9.17) is 78.2 Å². The first-order chi connectivity index (χ1) is 64.5. The second-order valence-electron chi connectivity index (χ2n) is 29.5. The van der Waals surface area contributed by atoms with Crippen LogP contribution in [0.5, 0.6) is 0 Å². The predicted molar refractivity (Wildman–Crippen MR) is 558 cm³/mol. The van der Waals surface area contributed by atoms with Gasteiger partial charge in [-0.3, -0.25) is 14.0 Å². The summed E-state index contributed by atoms with van der Waals surface area (Å²) in [5.74, 6) is 0. The van der Waals surface area contributed by atoms with Crippen LogP contribution < -0.4 is 11.1 Å². The van der Waals surface area contributed by atoms with Gasteiger partial charge in [-0.05, 0) is 136 Å². The normalized spacial score (nSPS) is 15.9. The number of aliphatic hydroxyl groups is 4. The molecule has 137 heavy (non-hydrogen) atoms. The number of epoxide rings is 1. The Kier molecular flexibility index (Phi) is 85.9. The number of carbonyl (C=O) groups excluding carboxylic acids is 5. The molecule has 12 rings (SSSR count). The van der Waals surface area contributed by atoms with E-state index in [1.54, 1.807) is 46.0 Å². The van der Waals surface area contributed by atoms with Crippen LogP contribution in [-0.4, -0.2) is 241 Å². The second kappa shape index (κ2) is 88.5. The molecule has 0 bridgehead atoms. The van der Waals surface area contributed by atoms with Gasteiger partial charge in [0.1, 0.15) is 33.0 Å². The van der Waals surface area contributed by atoms with Gasteiger partial charge in [-0.25, -0.2) is 24.0 Å². The first-order valence-corrected chi connectivity index (χ1v) is 47.2. The number of aliphatic hydroxyl groups excluding tert-OH is 4. The van der Waals surface area contributed by atoms with Crippen LogP contribution in [-0.2, 0) is 94.4 Å². The maximum Gasteiger partial charge on any atom is 0.410 e.